The van der Waals surface area contributed by atoms with Gasteiger partial charge in [-0.3, -0.25) is 0 Å². The van der Waals surface area contributed by atoms with Crippen LogP contribution in [0.15, 0.2) is 255 Å². The van der Waals surface area contributed by atoms with Gasteiger partial charge in [-0.05, 0) is 150 Å². The van der Waals surface area contributed by atoms with Crippen molar-refractivity contribution in [3.05, 3.63) is 255 Å². The molecule has 0 aliphatic rings. The van der Waals surface area contributed by atoms with Crippen LogP contribution in [0.4, 0.5) is 0 Å². The van der Waals surface area contributed by atoms with Crippen molar-refractivity contribution < 1.29 is 0 Å². The van der Waals surface area contributed by atoms with Gasteiger partial charge in [0.2, 0.25) is 0 Å². The second-order valence-corrected chi connectivity index (χ2v) is 17.5. The van der Waals surface area contributed by atoms with Crippen LogP contribution in [0.3, 0.4) is 0 Å². The van der Waals surface area contributed by atoms with Crippen LogP contribution in [0.25, 0.3) is 131 Å². The molecule has 0 atom stereocenters. The van der Waals surface area contributed by atoms with Crippen molar-refractivity contribution in [3.63, 3.8) is 0 Å². The Morgan fingerprint density at radius 1 is 0.136 bits per heavy atom. The van der Waals surface area contributed by atoms with E-state index in [-0.39, 0.29) is 0 Å². The van der Waals surface area contributed by atoms with Gasteiger partial charge in [0.1, 0.15) is 0 Å². The fourth-order valence-electron chi connectivity index (χ4n) is 10.8. The van der Waals surface area contributed by atoms with Gasteiger partial charge in [-0.25, -0.2) is 0 Å². The van der Waals surface area contributed by atoms with Crippen LogP contribution in [-0.4, -0.2) is 0 Å². The first kappa shape index (κ1) is 37.9. The van der Waals surface area contributed by atoms with E-state index in [4.69, 9.17) is 0 Å². The monoisotopic (exact) mass is 834 g/mol. The van der Waals surface area contributed by atoms with E-state index in [2.05, 4.69) is 255 Å². The normalized spacial score (nSPS) is 11.6. The van der Waals surface area contributed by atoms with E-state index < -0.39 is 0 Å². The molecule has 66 heavy (non-hydrogen) atoms. The molecular formula is C66H42. The van der Waals surface area contributed by atoms with Gasteiger partial charge in [0.05, 0.1) is 0 Å². The molecule has 0 heterocycles. The first-order valence-electron chi connectivity index (χ1n) is 22.9. The summed E-state index contributed by atoms with van der Waals surface area (Å²) in [5.74, 6) is 0. The summed E-state index contributed by atoms with van der Waals surface area (Å²) in [4.78, 5) is 0. The Morgan fingerprint density at radius 2 is 0.333 bits per heavy atom. The minimum Gasteiger partial charge on any atom is -0.0616 e. The lowest BCUT2D eigenvalue weighted by Gasteiger charge is -2.19. The maximum Gasteiger partial charge on any atom is -0.00987 e. The molecule has 0 spiro atoms. The number of hydrogen-bond donors (Lipinski definition) is 0. The number of rotatable bonds is 6. The number of hydrogen-bond acceptors (Lipinski definition) is 0. The molecule has 0 saturated heterocycles. The lowest BCUT2D eigenvalue weighted by molar-refractivity contribution is 1.59. The Morgan fingerprint density at radius 3 is 0.621 bits per heavy atom. The topological polar surface area (TPSA) is 0 Å². The molecule has 0 aliphatic heterocycles. The van der Waals surface area contributed by atoms with Gasteiger partial charge in [0.15, 0.2) is 0 Å². The quantitative estimate of drug-likeness (QED) is 0.157. The second kappa shape index (κ2) is 15.6. The van der Waals surface area contributed by atoms with Crippen LogP contribution in [0.2, 0.25) is 0 Å². The largest absolute Gasteiger partial charge is 0.0616 e. The van der Waals surface area contributed by atoms with Gasteiger partial charge in [-0.1, -0.05) is 237 Å². The Kier molecular flexibility index (Phi) is 8.96. The highest BCUT2D eigenvalue weighted by Crippen LogP contribution is 2.45. The number of fused-ring (bicyclic) bond motifs is 6. The zero-order valence-electron chi connectivity index (χ0n) is 36.2. The van der Waals surface area contributed by atoms with Crippen molar-refractivity contribution in [1.82, 2.24) is 0 Å². The van der Waals surface area contributed by atoms with Crippen molar-refractivity contribution in [1.29, 1.82) is 0 Å². The Hall–Kier alpha value is -8.58. The van der Waals surface area contributed by atoms with Crippen LogP contribution >= 0.6 is 0 Å². The summed E-state index contributed by atoms with van der Waals surface area (Å²) in [6.07, 6.45) is 0. The van der Waals surface area contributed by atoms with Gasteiger partial charge in [-0.2, -0.15) is 0 Å². The smallest absolute Gasteiger partial charge is 0.00987 e. The molecule has 0 saturated carbocycles. The van der Waals surface area contributed by atoms with E-state index in [0.717, 1.165) is 0 Å². The van der Waals surface area contributed by atoms with E-state index in [9.17, 15) is 0 Å². The summed E-state index contributed by atoms with van der Waals surface area (Å²) in [6.45, 7) is 0. The molecule has 0 nitrogen and oxygen atoms in total. The van der Waals surface area contributed by atoms with Crippen molar-refractivity contribution in [3.8, 4) is 66.8 Å². The molecule has 0 aliphatic carbocycles. The van der Waals surface area contributed by atoms with Gasteiger partial charge < -0.3 is 0 Å². The molecule has 0 radical (unpaired) electrons. The first-order valence-corrected chi connectivity index (χ1v) is 22.9. The van der Waals surface area contributed by atoms with E-state index in [1.54, 1.807) is 0 Å². The van der Waals surface area contributed by atoms with Crippen LogP contribution < -0.4 is 0 Å². The molecule has 0 aromatic heterocycles. The summed E-state index contributed by atoms with van der Waals surface area (Å²) in [5, 5.41) is 15.0. The van der Waals surface area contributed by atoms with Crippen molar-refractivity contribution in [2.75, 3.05) is 0 Å². The molecule has 0 N–H and O–H groups in total. The third-order valence-corrected chi connectivity index (χ3v) is 13.9. The van der Waals surface area contributed by atoms with Crippen molar-refractivity contribution >= 4 is 64.6 Å². The standard InChI is InChI=1S/C66H42/c1-4-22-49-43(16-1)19-13-31-58(49)64-37-34-52(55-25-7-10-28-61(55)64)46-40-47(53-35-38-65(62-29-11-8-26-56(53)62)59-32-14-20-44-17-2-5-23-50(44)59)42-48(41-46)54-36-39-66(63-30-12-9-27-57(54)63)60-33-15-21-45-18-3-6-24-51(45)60/h1-42H. The molecule has 0 heteroatoms. The van der Waals surface area contributed by atoms with Crippen LogP contribution in [0.1, 0.15) is 0 Å². The zero-order chi connectivity index (χ0) is 43.6. The predicted molar refractivity (Wildman–Crippen MR) is 284 cm³/mol. The molecule has 0 bridgehead atoms. The summed E-state index contributed by atoms with van der Waals surface area (Å²) >= 11 is 0. The van der Waals surface area contributed by atoms with Crippen molar-refractivity contribution in [2.24, 2.45) is 0 Å². The van der Waals surface area contributed by atoms with E-state index >= 15 is 0 Å². The summed E-state index contributed by atoms with van der Waals surface area (Å²) in [5.41, 5.74) is 14.7. The molecule has 0 unspecified atom stereocenters. The highest BCUT2D eigenvalue weighted by molar-refractivity contribution is 6.14. The third-order valence-electron chi connectivity index (χ3n) is 13.9. The minimum absolute atomic E-state index is 1.19. The molecule has 13 aromatic carbocycles. The van der Waals surface area contributed by atoms with Gasteiger partial charge in [0, 0.05) is 0 Å². The van der Waals surface area contributed by atoms with Crippen LogP contribution in [0.5, 0.6) is 0 Å². The molecule has 13 rings (SSSR count). The molecule has 306 valence electrons. The summed E-state index contributed by atoms with van der Waals surface area (Å²) < 4.78 is 0. The highest BCUT2D eigenvalue weighted by atomic mass is 14.2. The first-order chi connectivity index (χ1) is 32.7. The average molecular weight is 835 g/mol. The molecule has 0 amide bonds. The lowest BCUT2D eigenvalue weighted by atomic mass is 9.85. The Balaban J connectivity index is 1.06. The van der Waals surface area contributed by atoms with Crippen LogP contribution in [0, 0.1) is 0 Å². The second-order valence-electron chi connectivity index (χ2n) is 17.5. The van der Waals surface area contributed by atoms with Crippen LogP contribution in [-0.2, 0) is 0 Å². The summed E-state index contributed by atoms with van der Waals surface area (Å²) in [6, 6.07) is 94.3. The molecule has 0 fully saturated rings. The van der Waals surface area contributed by atoms with Gasteiger partial charge in [-0.15, -0.1) is 0 Å². The molecular weight excluding hydrogens is 793 g/mol. The average Bonchev–Trinajstić information content (AvgIpc) is 3.39. The van der Waals surface area contributed by atoms with Gasteiger partial charge >= 0.3 is 0 Å². The maximum atomic E-state index is 2.43. The minimum atomic E-state index is 1.19. The van der Waals surface area contributed by atoms with E-state index in [1.807, 2.05) is 0 Å². The maximum absolute atomic E-state index is 2.43. The predicted octanol–water partition coefficient (Wildman–Crippen LogP) is 18.6. The Labute approximate surface area is 384 Å². The number of benzene rings is 13. The van der Waals surface area contributed by atoms with Gasteiger partial charge in [0.25, 0.3) is 0 Å². The zero-order valence-corrected chi connectivity index (χ0v) is 36.2. The van der Waals surface area contributed by atoms with Crippen molar-refractivity contribution in [2.45, 2.75) is 0 Å². The molecule has 13 aromatic rings. The third kappa shape index (κ3) is 6.22. The lowest BCUT2D eigenvalue weighted by Crippen LogP contribution is -1.92. The SMILES string of the molecule is c1ccc2c(-c3ccc(-c4cc(-c5ccc(-c6cccc7ccccc67)c6ccccc56)cc(-c5ccc(-c6cccc7ccccc67)c6ccccc56)c4)c4ccccc34)cccc2c1. The fourth-order valence-corrected chi connectivity index (χ4v) is 10.8. The Bertz CT molecular complexity index is 3610. The summed E-state index contributed by atoms with van der Waals surface area (Å²) in [7, 11) is 0. The van der Waals surface area contributed by atoms with E-state index in [0.29, 0.717) is 0 Å². The highest BCUT2D eigenvalue weighted by Gasteiger charge is 2.18. The van der Waals surface area contributed by atoms with E-state index in [1.165, 1.54) is 131 Å². The fraction of sp³-hybridized carbons (Fsp3) is 0.